The summed E-state index contributed by atoms with van der Waals surface area (Å²) in [4.78, 5) is 32.7. The number of anilines is 1. The minimum atomic E-state index is -0.903. The number of primary amides is 1. The van der Waals surface area contributed by atoms with Gasteiger partial charge < -0.3 is 11.1 Å². The van der Waals surface area contributed by atoms with Crippen molar-refractivity contribution in [3.8, 4) is 10.7 Å². The van der Waals surface area contributed by atoms with Crippen LogP contribution in [0.2, 0.25) is 0 Å². The largest absolute Gasteiger partial charge is 0.366 e. The van der Waals surface area contributed by atoms with E-state index >= 15 is 0 Å². The second-order valence-electron chi connectivity index (χ2n) is 5.16. The number of halogens is 1. The van der Waals surface area contributed by atoms with Crippen molar-refractivity contribution < 1.29 is 14.0 Å². The molecule has 0 bridgehead atoms. The number of amides is 2. The van der Waals surface area contributed by atoms with Crippen LogP contribution >= 0.6 is 11.3 Å². The molecule has 0 radical (unpaired) electrons. The number of benzene rings is 1. The smallest absolute Gasteiger partial charge is 0.267 e. The van der Waals surface area contributed by atoms with Crippen molar-refractivity contribution >= 4 is 28.8 Å². The Morgan fingerprint density at radius 1 is 1.24 bits per heavy atom. The Labute approximate surface area is 146 Å². The van der Waals surface area contributed by atoms with Crippen molar-refractivity contribution in [3.63, 3.8) is 0 Å². The topological polar surface area (TPSA) is 98.0 Å². The Hall–Kier alpha value is -3.13. The summed E-state index contributed by atoms with van der Waals surface area (Å²) in [5, 5.41) is 3.25. The number of thiazole rings is 1. The molecule has 1 aromatic carbocycles. The molecule has 0 aliphatic rings. The van der Waals surface area contributed by atoms with Gasteiger partial charge in [0.25, 0.3) is 11.8 Å². The van der Waals surface area contributed by atoms with Gasteiger partial charge in [0, 0.05) is 11.9 Å². The maximum atomic E-state index is 13.5. The number of aryl methyl sites for hydroxylation is 1. The fourth-order valence-electron chi connectivity index (χ4n) is 2.19. The number of pyridine rings is 1. The molecule has 8 heteroatoms. The number of carbonyl (C=O) groups is 2. The monoisotopic (exact) mass is 356 g/mol. The standard InChI is InChI=1S/C17H13FN4O2S/c1-9-14(25-17(21-9)13-4-2-3-7-20-13)16(24)22-10-5-6-12(18)11(8-10)15(19)23/h2-8H,1H3,(H2,19,23)(H,22,24). The molecule has 2 aromatic heterocycles. The van der Waals surface area contributed by atoms with E-state index in [9.17, 15) is 14.0 Å². The van der Waals surface area contributed by atoms with Crippen LogP contribution in [0.4, 0.5) is 10.1 Å². The Kier molecular flexibility index (Phi) is 4.53. The zero-order valence-electron chi connectivity index (χ0n) is 13.1. The first-order valence-corrected chi connectivity index (χ1v) is 8.07. The minimum Gasteiger partial charge on any atom is -0.366 e. The number of nitrogens with zero attached hydrogens (tertiary/aromatic N) is 2. The maximum absolute atomic E-state index is 13.5. The Morgan fingerprint density at radius 2 is 2.04 bits per heavy atom. The molecule has 0 aliphatic carbocycles. The number of aromatic nitrogens is 2. The lowest BCUT2D eigenvalue weighted by Crippen LogP contribution is -2.15. The Balaban J connectivity index is 1.86. The number of rotatable bonds is 4. The van der Waals surface area contributed by atoms with Gasteiger partial charge in [-0.15, -0.1) is 11.3 Å². The van der Waals surface area contributed by atoms with Gasteiger partial charge in [-0.2, -0.15) is 0 Å². The SMILES string of the molecule is Cc1nc(-c2ccccn2)sc1C(=O)Nc1ccc(F)c(C(N)=O)c1. The molecule has 3 aromatic rings. The number of nitrogens with two attached hydrogens (primary N) is 1. The van der Waals surface area contributed by atoms with Gasteiger partial charge in [-0.25, -0.2) is 9.37 Å². The zero-order chi connectivity index (χ0) is 18.0. The predicted octanol–water partition coefficient (Wildman–Crippen LogP) is 3.00. The van der Waals surface area contributed by atoms with Crippen LogP contribution in [0.5, 0.6) is 0 Å². The van der Waals surface area contributed by atoms with Crippen LogP contribution in [-0.2, 0) is 0 Å². The van der Waals surface area contributed by atoms with Crippen LogP contribution in [0.15, 0.2) is 42.6 Å². The molecule has 0 saturated carbocycles. The summed E-state index contributed by atoms with van der Waals surface area (Å²) in [5.74, 6) is -2.05. The van der Waals surface area contributed by atoms with E-state index in [2.05, 4.69) is 15.3 Å². The van der Waals surface area contributed by atoms with E-state index in [0.29, 0.717) is 21.3 Å². The minimum absolute atomic E-state index is 0.271. The van der Waals surface area contributed by atoms with Gasteiger partial charge in [-0.3, -0.25) is 14.6 Å². The molecular formula is C17H13FN4O2S. The molecule has 2 heterocycles. The number of carbonyl (C=O) groups excluding carboxylic acids is 2. The number of hydrogen-bond acceptors (Lipinski definition) is 5. The highest BCUT2D eigenvalue weighted by Gasteiger charge is 2.18. The van der Waals surface area contributed by atoms with Crippen molar-refractivity contribution in [1.82, 2.24) is 9.97 Å². The van der Waals surface area contributed by atoms with Crippen molar-refractivity contribution in [2.75, 3.05) is 5.32 Å². The Morgan fingerprint density at radius 3 is 2.72 bits per heavy atom. The summed E-state index contributed by atoms with van der Waals surface area (Å²) in [5.41, 5.74) is 6.33. The van der Waals surface area contributed by atoms with Gasteiger partial charge in [0.05, 0.1) is 17.0 Å². The molecule has 3 rings (SSSR count). The first-order chi connectivity index (χ1) is 12.0. The quantitative estimate of drug-likeness (QED) is 0.751. The van der Waals surface area contributed by atoms with E-state index in [0.717, 1.165) is 6.07 Å². The fourth-order valence-corrected chi connectivity index (χ4v) is 3.12. The molecule has 3 N–H and O–H groups in total. The predicted molar refractivity (Wildman–Crippen MR) is 93.0 cm³/mol. The average molecular weight is 356 g/mol. The van der Waals surface area contributed by atoms with E-state index in [1.807, 2.05) is 6.07 Å². The third-order valence-corrected chi connectivity index (χ3v) is 4.56. The highest BCUT2D eigenvalue weighted by Crippen LogP contribution is 2.27. The van der Waals surface area contributed by atoms with Gasteiger partial charge in [0.15, 0.2) is 0 Å². The molecular weight excluding hydrogens is 343 g/mol. The number of nitrogens with one attached hydrogen (secondary N) is 1. The molecule has 6 nitrogen and oxygen atoms in total. The van der Waals surface area contributed by atoms with Gasteiger partial charge in [-0.05, 0) is 37.3 Å². The highest BCUT2D eigenvalue weighted by molar-refractivity contribution is 7.17. The normalized spacial score (nSPS) is 10.5. The molecule has 0 unspecified atom stereocenters. The van der Waals surface area contributed by atoms with Crippen LogP contribution in [-0.4, -0.2) is 21.8 Å². The molecule has 0 spiro atoms. The summed E-state index contributed by atoms with van der Waals surface area (Å²) in [6.45, 7) is 1.72. The molecule has 126 valence electrons. The maximum Gasteiger partial charge on any atom is 0.267 e. The average Bonchev–Trinajstić information content (AvgIpc) is 2.99. The molecule has 2 amide bonds. The Bertz CT molecular complexity index is 957. The first kappa shape index (κ1) is 16.7. The van der Waals surface area contributed by atoms with Crippen molar-refractivity contribution in [2.24, 2.45) is 5.73 Å². The highest BCUT2D eigenvalue weighted by atomic mass is 32.1. The molecule has 25 heavy (non-hydrogen) atoms. The second-order valence-corrected chi connectivity index (χ2v) is 6.16. The third kappa shape index (κ3) is 3.53. The third-order valence-electron chi connectivity index (χ3n) is 3.38. The first-order valence-electron chi connectivity index (χ1n) is 7.25. The van der Waals surface area contributed by atoms with Gasteiger partial charge in [0.1, 0.15) is 15.7 Å². The van der Waals surface area contributed by atoms with E-state index in [1.54, 1.807) is 25.3 Å². The molecule has 0 fully saturated rings. The summed E-state index contributed by atoms with van der Waals surface area (Å²) in [6, 6.07) is 9.07. The zero-order valence-corrected chi connectivity index (χ0v) is 13.9. The van der Waals surface area contributed by atoms with Gasteiger partial charge >= 0.3 is 0 Å². The van der Waals surface area contributed by atoms with Crippen LogP contribution < -0.4 is 11.1 Å². The summed E-state index contributed by atoms with van der Waals surface area (Å²) in [7, 11) is 0. The molecule has 0 saturated heterocycles. The molecule has 0 aliphatic heterocycles. The molecule has 0 atom stereocenters. The lowest BCUT2D eigenvalue weighted by molar-refractivity contribution is 0.0993. The van der Waals surface area contributed by atoms with Gasteiger partial charge in [-0.1, -0.05) is 6.07 Å². The summed E-state index contributed by atoms with van der Waals surface area (Å²) < 4.78 is 13.5. The van der Waals surface area contributed by atoms with Crippen LogP contribution in [0.25, 0.3) is 10.7 Å². The lowest BCUT2D eigenvalue weighted by Gasteiger charge is -2.06. The van der Waals surface area contributed by atoms with Crippen LogP contribution in [0, 0.1) is 12.7 Å². The summed E-state index contributed by atoms with van der Waals surface area (Å²) in [6.07, 6.45) is 1.65. The van der Waals surface area contributed by atoms with Crippen LogP contribution in [0.1, 0.15) is 25.7 Å². The van der Waals surface area contributed by atoms with Gasteiger partial charge in [0.2, 0.25) is 0 Å². The lowest BCUT2D eigenvalue weighted by atomic mass is 10.1. The van der Waals surface area contributed by atoms with Crippen molar-refractivity contribution in [2.45, 2.75) is 6.92 Å². The van der Waals surface area contributed by atoms with E-state index < -0.39 is 17.6 Å². The van der Waals surface area contributed by atoms with E-state index in [4.69, 9.17) is 5.73 Å². The van der Waals surface area contributed by atoms with Crippen molar-refractivity contribution in [3.05, 3.63) is 64.5 Å². The van der Waals surface area contributed by atoms with E-state index in [1.165, 1.54) is 23.5 Å². The van der Waals surface area contributed by atoms with Crippen LogP contribution in [0.3, 0.4) is 0 Å². The fraction of sp³-hybridized carbons (Fsp3) is 0.0588. The number of hydrogen-bond donors (Lipinski definition) is 2. The van der Waals surface area contributed by atoms with E-state index in [-0.39, 0.29) is 11.3 Å². The second kappa shape index (κ2) is 6.78. The summed E-state index contributed by atoms with van der Waals surface area (Å²) >= 11 is 1.20. The van der Waals surface area contributed by atoms with Crippen molar-refractivity contribution in [1.29, 1.82) is 0 Å².